The average Bonchev–Trinajstić information content (AvgIpc) is 3.07. The highest BCUT2D eigenvalue weighted by Gasteiger charge is 2.27. The van der Waals surface area contributed by atoms with Gasteiger partial charge in [0.25, 0.3) is 0 Å². The van der Waals surface area contributed by atoms with Gasteiger partial charge in [-0.25, -0.2) is 14.4 Å². The van der Waals surface area contributed by atoms with Crippen molar-refractivity contribution in [3.63, 3.8) is 0 Å². The van der Waals surface area contributed by atoms with Crippen LogP contribution in [0.15, 0.2) is 36.8 Å². The molecule has 5 nitrogen and oxygen atoms in total. The van der Waals surface area contributed by atoms with Crippen LogP contribution in [0, 0.1) is 12.7 Å². The number of hydrogen-bond donors (Lipinski definition) is 0. The van der Waals surface area contributed by atoms with Crippen LogP contribution in [0.2, 0.25) is 0 Å². The summed E-state index contributed by atoms with van der Waals surface area (Å²) in [4.78, 5) is 15.5. The number of nitrogens with zero attached hydrogens (tertiary/aromatic N) is 5. The van der Waals surface area contributed by atoms with Gasteiger partial charge in [-0.15, -0.1) is 0 Å². The topological polar surface area (TPSA) is 46.3 Å². The third kappa shape index (κ3) is 2.78. The van der Waals surface area contributed by atoms with E-state index >= 15 is 0 Å². The minimum Gasteiger partial charge on any atom is -0.289 e. The van der Waals surface area contributed by atoms with Crippen LogP contribution in [0.25, 0.3) is 5.78 Å². The molecule has 1 atom stereocenters. The Labute approximate surface area is 140 Å². The molecular weight excluding hydrogens is 305 g/mol. The zero-order valence-corrected chi connectivity index (χ0v) is 13.7. The highest BCUT2D eigenvalue weighted by atomic mass is 19.1. The molecule has 6 heteroatoms. The van der Waals surface area contributed by atoms with E-state index in [0.717, 1.165) is 43.0 Å². The number of halogens is 1. The zero-order chi connectivity index (χ0) is 16.5. The first-order valence-electron chi connectivity index (χ1n) is 8.36. The molecule has 0 aliphatic carbocycles. The van der Waals surface area contributed by atoms with Crippen LogP contribution in [0.4, 0.5) is 4.39 Å². The monoisotopic (exact) mass is 325 g/mol. The normalized spacial score (nSPS) is 19.0. The summed E-state index contributed by atoms with van der Waals surface area (Å²) in [6.45, 7) is 3.50. The zero-order valence-electron chi connectivity index (χ0n) is 13.7. The summed E-state index contributed by atoms with van der Waals surface area (Å²) in [6.07, 6.45) is 8.64. The predicted octanol–water partition coefficient (Wildman–Crippen LogP) is 3.30. The smallest absolute Gasteiger partial charge is 0.234 e. The lowest BCUT2D eigenvalue weighted by Crippen LogP contribution is -2.34. The van der Waals surface area contributed by atoms with Gasteiger partial charge in [-0.2, -0.15) is 0 Å². The highest BCUT2D eigenvalue weighted by molar-refractivity contribution is 5.33. The SMILES string of the molecule is Cc1cc([C@@H]2CCCCN2Cc2ncccc2F)nc2nccn12. The summed E-state index contributed by atoms with van der Waals surface area (Å²) in [6, 6.07) is 5.40. The molecule has 124 valence electrons. The van der Waals surface area contributed by atoms with Crippen molar-refractivity contribution in [2.45, 2.75) is 38.8 Å². The maximum absolute atomic E-state index is 14.0. The lowest BCUT2D eigenvalue weighted by atomic mass is 9.98. The molecule has 3 aromatic rings. The molecule has 1 aliphatic rings. The minimum atomic E-state index is -0.241. The molecule has 1 aliphatic heterocycles. The molecule has 24 heavy (non-hydrogen) atoms. The number of aryl methyl sites for hydroxylation is 1. The van der Waals surface area contributed by atoms with Crippen LogP contribution in [-0.4, -0.2) is 30.8 Å². The molecule has 0 saturated carbocycles. The first-order valence-corrected chi connectivity index (χ1v) is 8.36. The fourth-order valence-corrected chi connectivity index (χ4v) is 3.50. The lowest BCUT2D eigenvalue weighted by Gasteiger charge is -2.35. The molecular formula is C18H20FN5. The van der Waals surface area contributed by atoms with Crippen LogP contribution in [0.5, 0.6) is 0 Å². The second-order valence-corrected chi connectivity index (χ2v) is 6.33. The van der Waals surface area contributed by atoms with Crippen LogP contribution in [-0.2, 0) is 6.54 Å². The molecule has 1 saturated heterocycles. The summed E-state index contributed by atoms with van der Waals surface area (Å²) >= 11 is 0. The van der Waals surface area contributed by atoms with Gasteiger partial charge in [-0.05, 0) is 44.5 Å². The van der Waals surface area contributed by atoms with Crippen molar-refractivity contribution < 1.29 is 4.39 Å². The van der Waals surface area contributed by atoms with E-state index in [2.05, 4.69) is 27.9 Å². The Balaban J connectivity index is 1.67. The first-order chi connectivity index (χ1) is 11.7. The first kappa shape index (κ1) is 15.2. The number of likely N-dealkylation sites (tertiary alicyclic amines) is 1. The highest BCUT2D eigenvalue weighted by Crippen LogP contribution is 2.31. The van der Waals surface area contributed by atoms with Gasteiger partial charge >= 0.3 is 0 Å². The summed E-state index contributed by atoms with van der Waals surface area (Å²) in [5.74, 6) is 0.481. The lowest BCUT2D eigenvalue weighted by molar-refractivity contribution is 0.134. The van der Waals surface area contributed by atoms with Crippen LogP contribution >= 0.6 is 0 Å². The second kappa shape index (κ2) is 6.28. The Hall–Kier alpha value is -2.34. The molecule has 3 aromatic heterocycles. The van der Waals surface area contributed by atoms with E-state index in [4.69, 9.17) is 4.98 Å². The number of imidazole rings is 1. The summed E-state index contributed by atoms with van der Waals surface area (Å²) in [7, 11) is 0. The summed E-state index contributed by atoms with van der Waals surface area (Å²) in [5.41, 5.74) is 2.63. The number of rotatable bonds is 3. The third-order valence-corrected chi connectivity index (χ3v) is 4.73. The number of piperidine rings is 1. The van der Waals surface area contributed by atoms with Crippen LogP contribution in [0.3, 0.4) is 0 Å². The molecule has 0 aromatic carbocycles. The summed E-state index contributed by atoms with van der Waals surface area (Å²) in [5, 5.41) is 0. The van der Waals surface area contributed by atoms with E-state index < -0.39 is 0 Å². The van der Waals surface area contributed by atoms with Gasteiger partial charge in [-0.3, -0.25) is 14.3 Å². The largest absolute Gasteiger partial charge is 0.289 e. The van der Waals surface area contributed by atoms with E-state index in [0.29, 0.717) is 12.2 Å². The van der Waals surface area contributed by atoms with Crippen molar-refractivity contribution in [3.05, 3.63) is 59.7 Å². The Bertz CT molecular complexity index is 859. The van der Waals surface area contributed by atoms with Gasteiger partial charge in [0.15, 0.2) is 0 Å². The quantitative estimate of drug-likeness (QED) is 0.741. The fraction of sp³-hybridized carbons (Fsp3) is 0.389. The molecule has 4 heterocycles. The van der Waals surface area contributed by atoms with E-state index in [1.54, 1.807) is 18.5 Å². The van der Waals surface area contributed by atoms with Gasteiger partial charge in [0.05, 0.1) is 17.4 Å². The Morgan fingerprint density at radius 2 is 2.17 bits per heavy atom. The molecule has 0 bridgehead atoms. The van der Waals surface area contributed by atoms with Gasteiger partial charge in [0.1, 0.15) is 5.82 Å². The van der Waals surface area contributed by atoms with Gasteiger partial charge < -0.3 is 0 Å². The van der Waals surface area contributed by atoms with Gasteiger partial charge in [-0.1, -0.05) is 6.42 Å². The van der Waals surface area contributed by atoms with Crippen molar-refractivity contribution in [1.82, 2.24) is 24.3 Å². The number of pyridine rings is 1. The molecule has 0 unspecified atom stereocenters. The third-order valence-electron chi connectivity index (χ3n) is 4.73. The van der Waals surface area contributed by atoms with E-state index in [1.807, 2.05) is 10.6 Å². The Morgan fingerprint density at radius 3 is 3.04 bits per heavy atom. The van der Waals surface area contributed by atoms with Gasteiger partial charge in [0.2, 0.25) is 5.78 Å². The average molecular weight is 325 g/mol. The Kier molecular flexibility index (Phi) is 3.98. The molecule has 0 spiro atoms. The minimum absolute atomic E-state index is 0.181. The van der Waals surface area contributed by atoms with Crippen molar-refractivity contribution in [2.24, 2.45) is 0 Å². The second-order valence-electron chi connectivity index (χ2n) is 6.33. The fourth-order valence-electron chi connectivity index (χ4n) is 3.50. The number of aromatic nitrogens is 4. The molecule has 0 radical (unpaired) electrons. The molecule has 4 rings (SSSR count). The standard InChI is InChI=1S/C18H20FN5/c1-13-11-15(22-18-21-8-10-24(13)18)17-6-2-3-9-23(17)12-16-14(19)5-4-7-20-16/h4-5,7-8,10-11,17H,2-3,6,9,12H2,1H3/t17-/m0/s1. The van der Waals surface area contributed by atoms with Crippen LogP contribution < -0.4 is 0 Å². The maximum Gasteiger partial charge on any atom is 0.234 e. The van der Waals surface area contributed by atoms with Crippen molar-refractivity contribution in [2.75, 3.05) is 6.54 Å². The van der Waals surface area contributed by atoms with E-state index in [-0.39, 0.29) is 11.9 Å². The van der Waals surface area contributed by atoms with E-state index in [1.165, 1.54) is 6.07 Å². The summed E-state index contributed by atoms with van der Waals surface area (Å²) < 4.78 is 16.0. The molecule has 0 N–H and O–H groups in total. The van der Waals surface area contributed by atoms with E-state index in [9.17, 15) is 4.39 Å². The predicted molar refractivity (Wildman–Crippen MR) is 88.9 cm³/mol. The maximum atomic E-state index is 14.0. The molecule has 1 fully saturated rings. The number of hydrogen-bond acceptors (Lipinski definition) is 4. The van der Waals surface area contributed by atoms with Crippen molar-refractivity contribution in [3.8, 4) is 0 Å². The molecule has 0 amide bonds. The van der Waals surface area contributed by atoms with Crippen molar-refractivity contribution in [1.29, 1.82) is 0 Å². The van der Waals surface area contributed by atoms with Gasteiger partial charge in [0, 0.05) is 30.8 Å². The Morgan fingerprint density at radius 1 is 1.25 bits per heavy atom. The van der Waals surface area contributed by atoms with Crippen LogP contribution in [0.1, 0.15) is 42.4 Å². The number of fused-ring (bicyclic) bond motifs is 1. The van der Waals surface area contributed by atoms with Crippen molar-refractivity contribution >= 4 is 5.78 Å².